The van der Waals surface area contributed by atoms with Crippen molar-refractivity contribution in [3.63, 3.8) is 0 Å². The lowest BCUT2D eigenvalue weighted by Gasteiger charge is -2.27. The summed E-state index contributed by atoms with van der Waals surface area (Å²) in [5, 5.41) is 4.62. The molecule has 0 fully saturated rings. The van der Waals surface area contributed by atoms with Crippen LogP contribution in [0.1, 0.15) is 38.7 Å². The first-order chi connectivity index (χ1) is 13.5. The van der Waals surface area contributed by atoms with Crippen LogP contribution in [-0.4, -0.2) is 37.1 Å². The highest BCUT2D eigenvalue weighted by atomic mass is 16.5. The van der Waals surface area contributed by atoms with Crippen molar-refractivity contribution >= 4 is 5.91 Å². The Morgan fingerprint density at radius 3 is 2.79 bits per heavy atom. The second kappa shape index (κ2) is 7.42. The van der Waals surface area contributed by atoms with E-state index in [1.54, 1.807) is 6.20 Å². The van der Waals surface area contributed by atoms with E-state index in [1.807, 2.05) is 60.8 Å². The van der Waals surface area contributed by atoms with Crippen molar-refractivity contribution in [3.05, 3.63) is 70.4 Å². The maximum Gasteiger partial charge on any atom is 0.255 e. The maximum atomic E-state index is 12.9. The van der Waals surface area contributed by atoms with Crippen LogP contribution in [0.25, 0.3) is 0 Å². The number of rotatable bonds is 4. The molecule has 0 saturated heterocycles. The highest BCUT2D eigenvalue weighted by molar-refractivity contribution is 5.94. The molecule has 0 N–H and O–H groups in total. The van der Waals surface area contributed by atoms with E-state index in [0.29, 0.717) is 31.1 Å². The van der Waals surface area contributed by atoms with Gasteiger partial charge in [-0.05, 0) is 32.0 Å². The van der Waals surface area contributed by atoms with Gasteiger partial charge < -0.3 is 9.64 Å². The molecule has 0 aromatic carbocycles. The zero-order valence-electron chi connectivity index (χ0n) is 16.3. The fraction of sp³-hybridized carbons (Fsp3) is 0.333. The number of pyridine rings is 2. The largest absolute Gasteiger partial charge is 0.471 e. The molecule has 3 aromatic heterocycles. The van der Waals surface area contributed by atoms with E-state index < -0.39 is 0 Å². The molecule has 4 rings (SSSR count). The number of carbonyl (C=O) groups is 1. The lowest BCUT2D eigenvalue weighted by Crippen LogP contribution is -2.36. The van der Waals surface area contributed by atoms with E-state index in [1.165, 1.54) is 0 Å². The Bertz CT molecular complexity index is 1010. The van der Waals surface area contributed by atoms with Crippen LogP contribution in [-0.2, 0) is 26.6 Å². The quantitative estimate of drug-likeness (QED) is 0.699. The molecular weight excluding hydrogens is 354 g/mol. The number of fused-ring (bicyclic) bond motifs is 1. The lowest BCUT2D eigenvalue weighted by molar-refractivity contribution is 0.0732. The molecule has 0 bridgehead atoms. The van der Waals surface area contributed by atoms with Gasteiger partial charge in [0.05, 0.1) is 5.56 Å². The molecule has 28 heavy (non-hydrogen) atoms. The third kappa shape index (κ3) is 3.60. The van der Waals surface area contributed by atoms with Crippen LogP contribution in [0.2, 0.25) is 0 Å². The molecule has 1 aliphatic rings. The van der Waals surface area contributed by atoms with Crippen molar-refractivity contribution in [1.29, 1.82) is 0 Å². The summed E-state index contributed by atoms with van der Waals surface area (Å²) in [4.78, 5) is 23.3. The molecule has 0 atom stereocenters. The van der Waals surface area contributed by atoms with Gasteiger partial charge in [-0.25, -0.2) is 4.98 Å². The van der Waals surface area contributed by atoms with E-state index >= 15 is 0 Å². The molecule has 0 unspecified atom stereocenters. The Balaban J connectivity index is 1.52. The number of amides is 1. The van der Waals surface area contributed by atoms with Crippen molar-refractivity contribution < 1.29 is 9.53 Å². The van der Waals surface area contributed by atoms with Crippen molar-refractivity contribution in [3.8, 4) is 5.88 Å². The van der Waals surface area contributed by atoms with Crippen LogP contribution in [0, 0.1) is 13.8 Å². The zero-order chi connectivity index (χ0) is 19.7. The molecule has 1 aliphatic heterocycles. The summed E-state index contributed by atoms with van der Waals surface area (Å²) < 4.78 is 7.74. The predicted molar refractivity (Wildman–Crippen MR) is 104 cm³/mol. The molecule has 1 amide bonds. The number of aryl methyl sites for hydroxylation is 3. The number of ether oxygens (including phenoxy) is 1. The lowest BCUT2D eigenvalue weighted by atomic mass is 10.0. The van der Waals surface area contributed by atoms with Crippen LogP contribution >= 0.6 is 0 Å². The Morgan fingerprint density at radius 2 is 2.04 bits per heavy atom. The molecule has 0 saturated carbocycles. The van der Waals surface area contributed by atoms with Gasteiger partial charge in [0.2, 0.25) is 5.88 Å². The van der Waals surface area contributed by atoms with Gasteiger partial charge in [-0.15, -0.1) is 0 Å². The number of carbonyl (C=O) groups excluding carboxylic acids is 1. The monoisotopic (exact) mass is 377 g/mol. The third-order valence-corrected chi connectivity index (χ3v) is 4.99. The summed E-state index contributed by atoms with van der Waals surface area (Å²) in [6.07, 6.45) is 2.41. The Morgan fingerprint density at radius 1 is 1.18 bits per heavy atom. The average molecular weight is 377 g/mol. The summed E-state index contributed by atoms with van der Waals surface area (Å²) in [5.41, 5.74) is 5.48. The molecule has 7 nitrogen and oxygen atoms in total. The fourth-order valence-electron chi connectivity index (χ4n) is 3.48. The van der Waals surface area contributed by atoms with Gasteiger partial charge in [-0.1, -0.05) is 6.07 Å². The molecule has 4 heterocycles. The number of aromatic nitrogens is 4. The molecule has 0 aliphatic carbocycles. The minimum atomic E-state index is -0.00535. The van der Waals surface area contributed by atoms with Gasteiger partial charge in [-0.3, -0.25) is 14.5 Å². The van der Waals surface area contributed by atoms with Gasteiger partial charge in [0.25, 0.3) is 5.91 Å². The SMILES string of the molecule is Cc1ccc(C(=O)N2CCc3c(c(COc4cccc(C)n4)nn3C)C2)cn1. The summed E-state index contributed by atoms with van der Waals surface area (Å²) in [6, 6.07) is 9.38. The zero-order valence-corrected chi connectivity index (χ0v) is 16.3. The summed E-state index contributed by atoms with van der Waals surface area (Å²) in [7, 11) is 1.94. The first-order valence-corrected chi connectivity index (χ1v) is 9.33. The van der Waals surface area contributed by atoms with E-state index in [4.69, 9.17) is 4.74 Å². The van der Waals surface area contributed by atoms with Crippen LogP contribution in [0.15, 0.2) is 36.5 Å². The molecular formula is C21H23N5O2. The van der Waals surface area contributed by atoms with Gasteiger partial charge >= 0.3 is 0 Å². The average Bonchev–Trinajstić information content (AvgIpc) is 3.02. The topological polar surface area (TPSA) is 73.1 Å². The number of nitrogens with zero attached hydrogens (tertiary/aromatic N) is 5. The second-order valence-corrected chi connectivity index (χ2v) is 7.07. The minimum Gasteiger partial charge on any atom is -0.471 e. The van der Waals surface area contributed by atoms with Gasteiger partial charge in [0.15, 0.2) is 0 Å². The highest BCUT2D eigenvalue weighted by Crippen LogP contribution is 2.24. The van der Waals surface area contributed by atoms with E-state index in [2.05, 4.69) is 15.1 Å². The van der Waals surface area contributed by atoms with Crippen molar-refractivity contribution in [2.24, 2.45) is 7.05 Å². The summed E-state index contributed by atoms with van der Waals surface area (Å²) >= 11 is 0. The third-order valence-electron chi connectivity index (χ3n) is 4.99. The maximum absolute atomic E-state index is 12.9. The smallest absolute Gasteiger partial charge is 0.255 e. The van der Waals surface area contributed by atoms with Crippen LogP contribution in [0.4, 0.5) is 0 Å². The predicted octanol–water partition coefficient (Wildman–Crippen LogP) is 2.60. The van der Waals surface area contributed by atoms with Crippen LogP contribution in [0.5, 0.6) is 5.88 Å². The Hall–Kier alpha value is -3.22. The number of hydrogen-bond acceptors (Lipinski definition) is 5. The molecule has 144 valence electrons. The Labute approximate surface area is 164 Å². The molecule has 7 heteroatoms. The summed E-state index contributed by atoms with van der Waals surface area (Å²) in [5.74, 6) is 0.572. The first kappa shape index (κ1) is 18.2. The Kier molecular flexibility index (Phi) is 4.81. The number of hydrogen-bond donors (Lipinski definition) is 0. The second-order valence-electron chi connectivity index (χ2n) is 7.07. The van der Waals surface area contributed by atoms with E-state index in [0.717, 1.165) is 34.8 Å². The summed E-state index contributed by atoms with van der Waals surface area (Å²) in [6.45, 7) is 5.36. The normalized spacial score (nSPS) is 13.3. The first-order valence-electron chi connectivity index (χ1n) is 9.33. The standard InChI is InChI=1S/C21H23N5O2/c1-14-7-8-16(11-22-14)21(27)26-10-9-19-17(12-26)18(24-25(19)3)13-28-20-6-4-5-15(2)23-20/h4-8,11H,9-10,12-13H2,1-3H3. The van der Waals surface area contributed by atoms with Crippen molar-refractivity contribution in [1.82, 2.24) is 24.6 Å². The van der Waals surface area contributed by atoms with Crippen molar-refractivity contribution in [2.45, 2.75) is 33.4 Å². The van der Waals surface area contributed by atoms with Gasteiger partial charge in [-0.2, -0.15) is 5.10 Å². The highest BCUT2D eigenvalue weighted by Gasteiger charge is 2.27. The fourth-order valence-corrected chi connectivity index (χ4v) is 3.48. The van der Waals surface area contributed by atoms with Crippen LogP contribution < -0.4 is 4.74 Å². The van der Waals surface area contributed by atoms with Gasteiger partial charge in [0.1, 0.15) is 12.3 Å². The van der Waals surface area contributed by atoms with E-state index in [-0.39, 0.29) is 5.91 Å². The minimum absolute atomic E-state index is 0.00535. The molecule has 3 aromatic rings. The van der Waals surface area contributed by atoms with Crippen molar-refractivity contribution in [2.75, 3.05) is 6.54 Å². The van der Waals surface area contributed by atoms with Gasteiger partial charge in [0, 0.05) is 61.5 Å². The molecule has 0 spiro atoms. The van der Waals surface area contributed by atoms with E-state index in [9.17, 15) is 4.79 Å². The van der Waals surface area contributed by atoms with Crippen LogP contribution in [0.3, 0.4) is 0 Å². The molecule has 0 radical (unpaired) electrons.